The number of alkyl halides is 1. The van der Waals surface area contributed by atoms with E-state index in [2.05, 4.69) is 54.8 Å². The number of benzene rings is 2. The maximum absolute atomic E-state index is 9.91. The Hall–Kier alpha value is -2.60. The Morgan fingerprint density at radius 3 is 2.64 bits per heavy atom. The Morgan fingerprint density at radius 2 is 1.89 bits per heavy atom. The number of ether oxygens (including phenoxy) is 1. The molecule has 0 radical (unpaired) electrons. The summed E-state index contributed by atoms with van der Waals surface area (Å²) in [7, 11) is 1.64. The Balaban J connectivity index is 1.36. The van der Waals surface area contributed by atoms with Gasteiger partial charge in [-0.1, -0.05) is 40.3 Å². The summed E-state index contributed by atoms with van der Waals surface area (Å²) in [5.41, 5.74) is 4.66. The molecule has 0 amide bonds. The number of rotatable bonds is 7. The summed E-state index contributed by atoms with van der Waals surface area (Å²) in [6, 6.07) is 17.8. The van der Waals surface area contributed by atoms with E-state index < -0.39 is 0 Å². The van der Waals surface area contributed by atoms with Gasteiger partial charge in [-0.3, -0.25) is 4.90 Å². The summed E-state index contributed by atoms with van der Waals surface area (Å²) in [5.74, 6) is 1.22. The highest BCUT2D eigenvalue weighted by atomic mass is 127. The molecule has 2 N–H and O–H groups in total. The molecule has 188 valence electrons. The predicted molar refractivity (Wildman–Crippen MR) is 153 cm³/mol. The molecule has 1 unspecified atom stereocenters. The normalized spacial score (nSPS) is 16.2. The minimum absolute atomic E-state index is 0.135. The van der Waals surface area contributed by atoms with Crippen LogP contribution in [0.4, 0.5) is 17.3 Å². The number of halogens is 2. The Kier molecular flexibility index (Phi) is 7.52. The number of methoxy groups -OCH3 is 1. The molecule has 0 aliphatic carbocycles. The summed E-state index contributed by atoms with van der Waals surface area (Å²) in [6.45, 7) is 5.50. The van der Waals surface area contributed by atoms with Crippen LogP contribution in [0.2, 0.25) is 5.02 Å². The highest BCUT2D eigenvalue weighted by Gasteiger charge is 2.25. The van der Waals surface area contributed by atoms with E-state index in [4.69, 9.17) is 21.4 Å². The van der Waals surface area contributed by atoms with Gasteiger partial charge in [0.25, 0.3) is 0 Å². The van der Waals surface area contributed by atoms with E-state index in [9.17, 15) is 5.11 Å². The van der Waals surface area contributed by atoms with Crippen LogP contribution in [0.1, 0.15) is 6.92 Å². The van der Waals surface area contributed by atoms with Crippen LogP contribution in [0, 0.1) is 0 Å². The fourth-order valence-corrected chi connectivity index (χ4v) is 5.21. The number of nitrogens with one attached hydrogen (secondary N) is 1. The highest BCUT2D eigenvalue weighted by Crippen LogP contribution is 2.33. The second-order valence-electron chi connectivity index (χ2n) is 8.79. The average Bonchev–Trinajstić information content (AvgIpc) is 3.31. The zero-order valence-corrected chi connectivity index (χ0v) is 23.0. The lowest BCUT2D eigenvalue weighted by molar-refractivity contribution is 0.112. The Morgan fingerprint density at radius 1 is 1.08 bits per heavy atom. The number of aromatic nitrogens is 3. The number of fused-ring (bicyclic) bond motifs is 1. The molecule has 0 bridgehead atoms. The number of hydrogen-bond donors (Lipinski definition) is 2. The van der Waals surface area contributed by atoms with Gasteiger partial charge in [-0.2, -0.15) is 0 Å². The van der Waals surface area contributed by atoms with Crippen molar-refractivity contribution >= 4 is 57.0 Å². The smallest absolute Gasteiger partial charge is 0.245 e. The van der Waals surface area contributed by atoms with Crippen LogP contribution in [0.3, 0.4) is 0 Å². The van der Waals surface area contributed by atoms with Crippen molar-refractivity contribution in [3.05, 3.63) is 65.8 Å². The van der Waals surface area contributed by atoms with Crippen LogP contribution in [-0.2, 0) is 0 Å². The molecule has 8 nitrogen and oxygen atoms in total. The molecule has 2 atom stereocenters. The van der Waals surface area contributed by atoms with Crippen LogP contribution in [-0.4, -0.2) is 68.0 Å². The Labute approximate surface area is 229 Å². The van der Waals surface area contributed by atoms with Gasteiger partial charge in [-0.15, -0.1) is 5.10 Å². The van der Waals surface area contributed by atoms with E-state index in [1.807, 2.05) is 53.9 Å². The van der Waals surface area contributed by atoms with Crippen LogP contribution in [0.15, 0.2) is 60.8 Å². The van der Waals surface area contributed by atoms with Crippen molar-refractivity contribution in [1.29, 1.82) is 0 Å². The molecule has 10 heteroatoms. The van der Waals surface area contributed by atoms with Crippen molar-refractivity contribution in [2.45, 2.75) is 17.1 Å². The molecule has 3 heterocycles. The van der Waals surface area contributed by atoms with Crippen LogP contribution in [0.25, 0.3) is 16.8 Å². The molecule has 1 aliphatic heterocycles. The Bertz CT molecular complexity index is 1360. The second-order valence-corrected chi connectivity index (χ2v) is 10.5. The van der Waals surface area contributed by atoms with E-state index in [0.29, 0.717) is 11.0 Å². The van der Waals surface area contributed by atoms with Gasteiger partial charge in [0.05, 0.1) is 34.7 Å². The molecule has 0 spiro atoms. The van der Waals surface area contributed by atoms with Gasteiger partial charge in [0.1, 0.15) is 5.75 Å². The van der Waals surface area contributed by atoms with Gasteiger partial charge < -0.3 is 20.1 Å². The van der Waals surface area contributed by atoms with E-state index in [0.717, 1.165) is 60.1 Å². The van der Waals surface area contributed by atoms with Crippen molar-refractivity contribution < 1.29 is 9.84 Å². The SMILES string of the molecule is COc1ccc(Cl)cc1-c1ccc2cnc(Nc3cccc(N4CCN([C@H](I)C(C)O)CC4)c3)nn12. The predicted octanol–water partition coefficient (Wildman–Crippen LogP) is 5.07. The molecule has 2 aromatic heterocycles. The lowest BCUT2D eigenvalue weighted by Gasteiger charge is -2.39. The maximum Gasteiger partial charge on any atom is 0.245 e. The first-order valence-corrected chi connectivity index (χ1v) is 13.4. The summed E-state index contributed by atoms with van der Waals surface area (Å²) < 4.78 is 7.53. The van der Waals surface area contributed by atoms with Crippen molar-refractivity contribution in [3.63, 3.8) is 0 Å². The topological polar surface area (TPSA) is 78.2 Å². The van der Waals surface area contributed by atoms with E-state index in [1.54, 1.807) is 13.3 Å². The minimum atomic E-state index is -0.345. The van der Waals surface area contributed by atoms with E-state index in [-0.39, 0.29) is 10.2 Å². The van der Waals surface area contributed by atoms with Gasteiger partial charge >= 0.3 is 0 Å². The first kappa shape index (κ1) is 25.1. The number of aliphatic hydroxyl groups is 1. The minimum Gasteiger partial charge on any atom is -0.496 e. The van der Waals surface area contributed by atoms with Gasteiger partial charge in [0.2, 0.25) is 5.95 Å². The fraction of sp³-hybridized carbons (Fsp3) is 0.308. The molecular weight excluding hydrogens is 591 g/mol. The average molecular weight is 619 g/mol. The van der Waals surface area contributed by atoms with Gasteiger partial charge in [-0.05, 0) is 55.5 Å². The first-order chi connectivity index (χ1) is 17.4. The van der Waals surface area contributed by atoms with Crippen LogP contribution in [0.5, 0.6) is 5.75 Å². The number of anilines is 3. The molecule has 2 aromatic carbocycles. The van der Waals surface area contributed by atoms with Crippen molar-refractivity contribution in [1.82, 2.24) is 19.5 Å². The number of piperazine rings is 1. The molecular formula is C26H28ClIN6O2. The molecule has 36 heavy (non-hydrogen) atoms. The van der Waals surface area contributed by atoms with Crippen molar-refractivity contribution in [3.8, 4) is 17.0 Å². The zero-order chi connectivity index (χ0) is 25.2. The summed E-state index contributed by atoms with van der Waals surface area (Å²) in [5, 5.41) is 18.6. The van der Waals surface area contributed by atoms with Gasteiger partial charge in [-0.25, -0.2) is 9.50 Å². The number of aliphatic hydroxyl groups excluding tert-OH is 1. The summed E-state index contributed by atoms with van der Waals surface area (Å²) in [4.78, 5) is 9.21. The van der Waals surface area contributed by atoms with Crippen LogP contribution >= 0.6 is 34.2 Å². The van der Waals surface area contributed by atoms with Gasteiger partial charge in [0, 0.05) is 48.1 Å². The molecule has 0 saturated carbocycles. The third kappa shape index (κ3) is 5.24. The second kappa shape index (κ2) is 10.8. The number of nitrogens with zero attached hydrogens (tertiary/aromatic N) is 5. The third-order valence-corrected chi connectivity index (χ3v) is 8.43. The van der Waals surface area contributed by atoms with E-state index >= 15 is 0 Å². The number of hydrogen-bond acceptors (Lipinski definition) is 7. The molecule has 1 aliphatic rings. The zero-order valence-electron chi connectivity index (χ0n) is 20.1. The largest absolute Gasteiger partial charge is 0.496 e. The molecule has 1 saturated heterocycles. The van der Waals surface area contributed by atoms with Crippen molar-refractivity contribution in [2.75, 3.05) is 43.5 Å². The lowest BCUT2D eigenvalue weighted by atomic mass is 10.1. The quantitative estimate of drug-likeness (QED) is 0.170. The molecule has 1 fully saturated rings. The fourth-order valence-electron chi connectivity index (χ4n) is 4.48. The standard InChI is InChI=1S/C26H28ClIN6O2/c1-17(35)25(28)33-12-10-32(11-13-33)20-5-3-4-19(15-20)30-26-29-16-21-7-8-23(34(21)31-26)22-14-18(27)6-9-24(22)36-2/h3-9,14-17,25,35H,10-13H2,1-2H3,(H,30,31)/t17?,25-/m0/s1. The molecule has 4 aromatic rings. The first-order valence-electron chi connectivity index (χ1n) is 11.8. The maximum atomic E-state index is 9.91. The monoisotopic (exact) mass is 618 g/mol. The van der Waals surface area contributed by atoms with E-state index in [1.165, 1.54) is 0 Å². The van der Waals surface area contributed by atoms with Crippen LogP contribution < -0.4 is 15.0 Å². The highest BCUT2D eigenvalue weighted by molar-refractivity contribution is 14.1. The summed E-state index contributed by atoms with van der Waals surface area (Å²) in [6.07, 6.45) is 1.45. The summed E-state index contributed by atoms with van der Waals surface area (Å²) >= 11 is 8.59. The molecule has 5 rings (SSSR count). The van der Waals surface area contributed by atoms with Crippen molar-refractivity contribution in [2.24, 2.45) is 0 Å². The lowest BCUT2D eigenvalue weighted by Crippen LogP contribution is -2.51. The third-order valence-electron chi connectivity index (χ3n) is 6.36. The van der Waals surface area contributed by atoms with Gasteiger partial charge in [0.15, 0.2) is 0 Å².